The van der Waals surface area contributed by atoms with Crippen LogP contribution in [0.3, 0.4) is 0 Å². The molecular formula is C16H16N2O3S. The van der Waals surface area contributed by atoms with Gasteiger partial charge in [-0.25, -0.2) is 0 Å². The van der Waals surface area contributed by atoms with Crippen LogP contribution < -0.4 is 15.8 Å². The first-order valence-electron chi connectivity index (χ1n) is 7.00. The Morgan fingerprint density at radius 3 is 2.59 bits per heavy atom. The lowest BCUT2D eigenvalue weighted by molar-refractivity contribution is 0.100. The SMILES string of the molecule is COc1ccc(C(=O)Nc2sc3c(c2C(N)=O)CCC3)cc1. The number of thiophene rings is 1. The predicted octanol–water partition coefficient (Wildman–Crippen LogP) is 2.60. The summed E-state index contributed by atoms with van der Waals surface area (Å²) < 4.78 is 5.07. The topological polar surface area (TPSA) is 81.4 Å². The van der Waals surface area contributed by atoms with Crippen LogP contribution in [0.1, 0.15) is 37.6 Å². The van der Waals surface area contributed by atoms with Gasteiger partial charge in [-0.15, -0.1) is 11.3 Å². The van der Waals surface area contributed by atoms with Crippen LogP contribution >= 0.6 is 11.3 Å². The van der Waals surface area contributed by atoms with E-state index in [0.717, 1.165) is 29.7 Å². The van der Waals surface area contributed by atoms with E-state index in [0.29, 0.717) is 21.9 Å². The second-order valence-corrected chi connectivity index (χ2v) is 6.21. The Bertz CT molecular complexity index is 735. The number of hydrogen-bond donors (Lipinski definition) is 2. The van der Waals surface area contributed by atoms with Gasteiger partial charge in [0.15, 0.2) is 0 Å². The van der Waals surface area contributed by atoms with Crippen LogP contribution in [0.25, 0.3) is 0 Å². The summed E-state index contributed by atoms with van der Waals surface area (Å²) in [5.41, 5.74) is 7.46. The third-order valence-electron chi connectivity index (χ3n) is 3.75. The number of carbonyl (C=O) groups is 2. The number of fused-ring (bicyclic) bond motifs is 1. The Labute approximate surface area is 132 Å². The summed E-state index contributed by atoms with van der Waals surface area (Å²) in [5.74, 6) is -0.0565. The zero-order valence-corrected chi connectivity index (χ0v) is 13.0. The van der Waals surface area contributed by atoms with Crippen molar-refractivity contribution in [2.45, 2.75) is 19.3 Å². The maximum absolute atomic E-state index is 12.3. The molecule has 0 bridgehead atoms. The highest BCUT2D eigenvalue weighted by Crippen LogP contribution is 2.39. The van der Waals surface area contributed by atoms with Crippen molar-refractivity contribution < 1.29 is 14.3 Å². The van der Waals surface area contributed by atoms with Crippen molar-refractivity contribution in [2.75, 3.05) is 12.4 Å². The number of ether oxygens (including phenoxy) is 1. The van der Waals surface area contributed by atoms with Crippen molar-refractivity contribution in [1.82, 2.24) is 0 Å². The van der Waals surface area contributed by atoms with Gasteiger partial charge < -0.3 is 15.8 Å². The molecule has 0 fully saturated rings. The number of nitrogens with two attached hydrogens (primary N) is 1. The first kappa shape index (κ1) is 14.6. The van der Waals surface area contributed by atoms with Crippen LogP contribution in [0.5, 0.6) is 5.75 Å². The lowest BCUT2D eigenvalue weighted by Crippen LogP contribution is -2.17. The summed E-state index contributed by atoms with van der Waals surface area (Å²) in [6.45, 7) is 0. The number of aryl methyl sites for hydroxylation is 1. The highest BCUT2D eigenvalue weighted by atomic mass is 32.1. The van der Waals surface area contributed by atoms with Crippen molar-refractivity contribution in [2.24, 2.45) is 5.73 Å². The summed E-state index contributed by atoms with van der Waals surface area (Å²) >= 11 is 1.45. The van der Waals surface area contributed by atoms with E-state index < -0.39 is 5.91 Å². The van der Waals surface area contributed by atoms with E-state index in [9.17, 15) is 9.59 Å². The second kappa shape index (κ2) is 5.81. The van der Waals surface area contributed by atoms with Gasteiger partial charge in [-0.05, 0) is 49.1 Å². The van der Waals surface area contributed by atoms with Crippen LogP contribution in [-0.2, 0) is 12.8 Å². The molecule has 3 N–H and O–H groups in total. The number of hydrogen-bond acceptors (Lipinski definition) is 4. The first-order chi connectivity index (χ1) is 10.6. The lowest BCUT2D eigenvalue weighted by Gasteiger charge is -2.06. The number of carbonyl (C=O) groups excluding carboxylic acids is 2. The maximum Gasteiger partial charge on any atom is 0.256 e. The molecule has 2 amide bonds. The van der Waals surface area contributed by atoms with E-state index in [-0.39, 0.29) is 5.91 Å². The van der Waals surface area contributed by atoms with Crippen molar-refractivity contribution in [3.8, 4) is 5.75 Å². The molecule has 1 aliphatic rings. The summed E-state index contributed by atoms with van der Waals surface area (Å²) in [6.07, 6.45) is 2.83. The van der Waals surface area contributed by atoms with Crippen LogP contribution in [0, 0.1) is 0 Å². The fourth-order valence-electron chi connectivity index (χ4n) is 2.67. The van der Waals surface area contributed by atoms with Gasteiger partial charge in [-0.3, -0.25) is 9.59 Å². The quantitative estimate of drug-likeness (QED) is 0.909. The predicted molar refractivity (Wildman–Crippen MR) is 85.8 cm³/mol. The average Bonchev–Trinajstić information content (AvgIpc) is 3.07. The molecule has 2 aromatic rings. The molecule has 0 atom stereocenters. The molecule has 1 aliphatic carbocycles. The molecule has 3 rings (SSSR count). The minimum Gasteiger partial charge on any atom is -0.497 e. The van der Waals surface area contributed by atoms with Crippen LogP contribution in [0.4, 0.5) is 5.00 Å². The zero-order chi connectivity index (χ0) is 15.7. The van der Waals surface area contributed by atoms with E-state index in [1.165, 1.54) is 11.3 Å². The summed E-state index contributed by atoms with van der Waals surface area (Å²) in [6, 6.07) is 6.80. The zero-order valence-electron chi connectivity index (χ0n) is 12.1. The Morgan fingerprint density at radius 1 is 1.23 bits per heavy atom. The third kappa shape index (κ3) is 2.57. The van der Waals surface area contributed by atoms with Gasteiger partial charge in [0, 0.05) is 10.4 Å². The smallest absolute Gasteiger partial charge is 0.256 e. The van der Waals surface area contributed by atoms with Gasteiger partial charge >= 0.3 is 0 Å². The number of rotatable bonds is 4. The van der Waals surface area contributed by atoms with E-state index >= 15 is 0 Å². The van der Waals surface area contributed by atoms with Crippen molar-refractivity contribution in [1.29, 1.82) is 0 Å². The van der Waals surface area contributed by atoms with E-state index in [2.05, 4.69) is 5.32 Å². The third-order valence-corrected chi connectivity index (χ3v) is 4.95. The molecule has 0 radical (unpaired) electrons. The Balaban J connectivity index is 1.86. The van der Waals surface area contributed by atoms with Gasteiger partial charge in [-0.1, -0.05) is 0 Å². The largest absolute Gasteiger partial charge is 0.497 e. The lowest BCUT2D eigenvalue weighted by atomic mass is 10.1. The standard InChI is InChI=1S/C16H16N2O3S/c1-21-10-7-5-9(6-8-10)15(20)18-16-13(14(17)19)11-3-2-4-12(11)22-16/h5-8H,2-4H2,1H3,(H2,17,19)(H,18,20). The number of anilines is 1. The molecule has 0 saturated heterocycles. The van der Waals surface area contributed by atoms with E-state index in [1.54, 1.807) is 31.4 Å². The van der Waals surface area contributed by atoms with Crippen molar-refractivity contribution in [3.05, 3.63) is 45.8 Å². The van der Waals surface area contributed by atoms with Crippen LogP contribution in [0.15, 0.2) is 24.3 Å². The molecule has 0 unspecified atom stereocenters. The monoisotopic (exact) mass is 316 g/mol. The molecule has 114 valence electrons. The Morgan fingerprint density at radius 2 is 1.95 bits per heavy atom. The number of nitrogens with one attached hydrogen (secondary N) is 1. The van der Waals surface area contributed by atoms with Gasteiger partial charge in [0.25, 0.3) is 11.8 Å². The van der Waals surface area contributed by atoms with Crippen molar-refractivity contribution in [3.63, 3.8) is 0 Å². The highest BCUT2D eigenvalue weighted by Gasteiger charge is 2.26. The molecular weight excluding hydrogens is 300 g/mol. The number of benzene rings is 1. The Kier molecular flexibility index (Phi) is 3.85. The highest BCUT2D eigenvalue weighted by molar-refractivity contribution is 7.17. The molecule has 5 nitrogen and oxygen atoms in total. The molecule has 6 heteroatoms. The number of primary amides is 1. The van der Waals surface area contributed by atoms with E-state index in [1.807, 2.05) is 0 Å². The molecule has 22 heavy (non-hydrogen) atoms. The Hall–Kier alpha value is -2.34. The van der Waals surface area contributed by atoms with Crippen LogP contribution in [0.2, 0.25) is 0 Å². The minimum absolute atomic E-state index is 0.259. The summed E-state index contributed by atoms with van der Waals surface area (Å²) in [5, 5.41) is 3.37. The molecule has 1 aromatic carbocycles. The normalized spacial score (nSPS) is 12.8. The van der Waals surface area contributed by atoms with Crippen molar-refractivity contribution >= 4 is 28.2 Å². The van der Waals surface area contributed by atoms with Gasteiger partial charge in [-0.2, -0.15) is 0 Å². The molecule has 0 aliphatic heterocycles. The van der Waals surface area contributed by atoms with E-state index in [4.69, 9.17) is 10.5 Å². The minimum atomic E-state index is -0.482. The number of methoxy groups -OCH3 is 1. The maximum atomic E-state index is 12.3. The average molecular weight is 316 g/mol. The molecule has 1 aromatic heterocycles. The van der Waals surface area contributed by atoms with Gasteiger partial charge in [0.2, 0.25) is 0 Å². The fourth-order valence-corrected chi connectivity index (χ4v) is 3.96. The summed E-state index contributed by atoms with van der Waals surface area (Å²) in [7, 11) is 1.57. The second-order valence-electron chi connectivity index (χ2n) is 5.11. The summed E-state index contributed by atoms with van der Waals surface area (Å²) in [4.78, 5) is 25.2. The molecule has 0 spiro atoms. The number of amides is 2. The fraction of sp³-hybridized carbons (Fsp3) is 0.250. The molecule has 1 heterocycles. The van der Waals surface area contributed by atoms with Crippen LogP contribution in [-0.4, -0.2) is 18.9 Å². The molecule has 0 saturated carbocycles. The first-order valence-corrected chi connectivity index (χ1v) is 7.81. The van der Waals surface area contributed by atoms with Gasteiger partial charge in [0.1, 0.15) is 10.8 Å². The van der Waals surface area contributed by atoms with Gasteiger partial charge in [0.05, 0.1) is 12.7 Å².